The van der Waals surface area contributed by atoms with Crippen molar-refractivity contribution in [2.45, 2.75) is 84.2 Å². The van der Waals surface area contributed by atoms with Crippen molar-refractivity contribution in [1.29, 1.82) is 0 Å². The number of thiazole rings is 1. The summed E-state index contributed by atoms with van der Waals surface area (Å²) in [7, 11) is 0. The van der Waals surface area contributed by atoms with Crippen LogP contribution in [0, 0.1) is 11.8 Å². The smallest absolute Gasteiger partial charge is 0.114 e. The van der Waals surface area contributed by atoms with Gasteiger partial charge in [-0.2, -0.15) is 0 Å². The number of hydrogen-bond donors (Lipinski definition) is 1. The number of nitrogens with one attached hydrogen (secondary N) is 1. The summed E-state index contributed by atoms with van der Waals surface area (Å²) < 4.78 is 0. The van der Waals surface area contributed by atoms with Gasteiger partial charge in [0.05, 0.1) is 11.2 Å². The van der Waals surface area contributed by atoms with E-state index >= 15 is 0 Å². The van der Waals surface area contributed by atoms with E-state index in [2.05, 4.69) is 33.0 Å². The third kappa shape index (κ3) is 2.79. The molecule has 2 aliphatic carbocycles. The van der Waals surface area contributed by atoms with Crippen LogP contribution in [0.15, 0.2) is 0 Å². The molecule has 0 bridgehead atoms. The highest BCUT2D eigenvalue weighted by Crippen LogP contribution is 2.48. The van der Waals surface area contributed by atoms with Crippen LogP contribution in [0.1, 0.15) is 75.4 Å². The highest BCUT2D eigenvalue weighted by Gasteiger charge is 2.46. The van der Waals surface area contributed by atoms with Crippen molar-refractivity contribution in [1.82, 2.24) is 10.3 Å². The Morgan fingerprint density at radius 3 is 2.62 bits per heavy atom. The third-order valence-corrected chi connectivity index (χ3v) is 6.63. The molecule has 3 rings (SSSR count). The molecule has 3 heteroatoms. The minimum atomic E-state index is 0.135. The van der Waals surface area contributed by atoms with Crippen molar-refractivity contribution in [2.75, 3.05) is 0 Å². The highest BCUT2D eigenvalue weighted by atomic mass is 32.1. The summed E-state index contributed by atoms with van der Waals surface area (Å²) in [6.45, 7) is 9.37. The zero-order chi connectivity index (χ0) is 15.0. The summed E-state index contributed by atoms with van der Waals surface area (Å²) in [5, 5.41) is 5.38. The Morgan fingerprint density at radius 2 is 1.95 bits per heavy atom. The lowest BCUT2D eigenvalue weighted by molar-refractivity contribution is 0.0908. The van der Waals surface area contributed by atoms with E-state index in [1.54, 1.807) is 4.88 Å². The molecule has 0 radical (unpaired) electrons. The van der Waals surface area contributed by atoms with E-state index in [4.69, 9.17) is 4.98 Å². The average Bonchev–Trinajstić information content (AvgIpc) is 2.98. The molecule has 2 nitrogen and oxygen atoms in total. The third-order valence-electron chi connectivity index (χ3n) is 5.30. The van der Waals surface area contributed by atoms with E-state index in [0.717, 1.165) is 11.8 Å². The predicted molar refractivity (Wildman–Crippen MR) is 90.9 cm³/mol. The first kappa shape index (κ1) is 15.5. The first-order valence-electron chi connectivity index (χ1n) is 8.79. The molecule has 0 amide bonds. The van der Waals surface area contributed by atoms with Crippen LogP contribution in [0.5, 0.6) is 0 Å². The monoisotopic (exact) mass is 306 g/mol. The first-order valence-corrected chi connectivity index (χ1v) is 9.61. The van der Waals surface area contributed by atoms with Crippen LogP contribution >= 0.6 is 11.3 Å². The summed E-state index contributed by atoms with van der Waals surface area (Å²) >= 11 is 2.02. The molecule has 1 aromatic heterocycles. The maximum Gasteiger partial charge on any atom is 0.114 e. The quantitative estimate of drug-likeness (QED) is 0.874. The molecule has 1 saturated carbocycles. The van der Waals surface area contributed by atoms with Gasteiger partial charge in [-0.1, -0.05) is 26.7 Å². The van der Waals surface area contributed by atoms with Crippen LogP contribution < -0.4 is 5.32 Å². The van der Waals surface area contributed by atoms with Gasteiger partial charge in [-0.15, -0.1) is 11.3 Å². The van der Waals surface area contributed by atoms with E-state index in [1.807, 2.05) is 11.3 Å². The number of rotatable bonds is 4. The molecule has 2 atom stereocenters. The Kier molecular flexibility index (Phi) is 4.42. The average molecular weight is 307 g/mol. The summed E-state index contributed by atoms with van der Waals surface area (Å²) in [6.07, 6.45) is 9.12. The zero-order valence-electron chi connectivity index (χ0n) is 14.0. The van der Waals surface area contributed by atoms with Crippen molar-refractivity contribution >= 4 is 11.3 Å². The Bertz CT molecular complexity index is 470. The van der Waals surface area contributed by atoms with E-state index < -0.39 is 0 Å². The molecule has 0 aliphatic heterocycles. The summed E-state index contributed by atoms with van der Waals surface area (Å²) in [5.41, 5.74) is 1.54. The standard InChI is InChI=1S/C18H30N2S/c1-12(2)14-8-5-6-11-18(14,20-13(3)4)17-19-15-9-7-10-16(15)21-17/h12-14,20H,5-11H2,1-4H3. The minimum Gasteiger partial charge on any atom is -0.303 e. The van der Waals surface area contributed by atoms with Gasteiger partial charge < -0.3 is 5.32 Å². The molecule has 118 valence electrons. The number of aromatic nitrogens is 1. The molecule has 2 aliphatic rings. The molecule has 21 heavy (non-hydrogen) atoms. The fourth-order valence-corrected chi connectivity index (χ4v) is 5.90. The van der Waals surface area contributed by atoms with Gasteiger partial charge in [0.25, 0.3) is 0 Å². The van der Waals surface area contributed by atoms with Gasteiger partial charge in [-0.05, 0) is 57.8 Å². The Hall–Kier alpha value is -0.410. The summed E-state index contributed by atoms with van der Waals surface area (Å²) in [4.78, 5) is 6.70. The number of nitrogens with zero attached hydrogens (tertiary/aromatic N) is 1. The predicted octanol–water partition coefficient (Wildman–Crippen LogP) is 4.67. The van der Waals surface area contributed by atoms with Crippen LogP contribution in [0.25, 0.3) is 0 Å². The van der Waals surface area contributed by atoms with Crippen LogP contribution in [0.4, 0.5) is 0 Å². The molecule has 0 spiro atoms. The van der Waals surface area contributed by atoms with Crippen molar-refractivity contribution in [2.24, 2.45) is 11.8 Å². The molecule has 1 aromatic rings. The maximum atomic E-state index is 5.13. The molecule has 1 heterocycles. The fraction of sp³-hybridized carbons (Fsp3) is 0.833. The molecular weight excluding hydrogens is 276 g/mol. The van der Waals surface area contributed by atoms with Crippen LogP contribution in [0.2, 0.25) is 0 Å². The van der Waals surface area contributed by atoms with Gasteiger partial charge in [-0.25, -0.2) is 4.98 Å². The first-order chi connectivity index (χ1) is 10.0. The SMILES string of the molecule is CC(C)NC1(c2nc3c(s2)CCC3)CCCCC1C(C)C. The number of fused-ring (bicyclic) bond motifs is 1. The van der Waals surface area contributed by atoms with Crippen molar-refractivity contribution < 1.29 is 0 Å². The fourth-order valence-electron chi connectivity index (χ4n) is 4.51. The Balaban J connectivity index is 2.01. The molecule has 0 saturated heterocycles. The van der Waals surface area contributed by atoms with Gasteiger partial charge in [0.2, 0.25) is 0 Å². The van der Waals surface area contributed by atoms with Crippen molar-refractivity contribution in [3.8, 4) is 0 Å². The number of aryl methyl sites for hydroxylation is 2. The van der Waals surface area contributed by atoms with Crippen molar-refractivity contribution in [3.63, 3.8) is 0 Å². The van der Waals surface area contributed by atoms with Crippen LogP contribution in [-0.2, 0) is 18.4 Å². The van der Waals surface area contributed by atoms with Gasteiger partial charge >= 0.3 is 0 Å². The van der Waals surface area contributed by atoms with Gasteiger partial charge in [0.15, 0.2) is 0 Å². The summed E-state index contributed by atoms with van der Waals surface area (Å²) in [6, 6.07) is 0.517. The molecular formula is C18H30N2S. The second-order valence-corrected chi connectivity index (χ2v) is 8.69. The normalized spacial score (nSPS) is 29.3. The minimum absolute atomic E-state index is 0.135. The topological polar surface area (TPSA) is 24.9 Å². The Labute approximate surface area is 133 Å². The zero-order valence-corrected chi connectivity index (χ0v) is 14.9. The van der Waals surface area contributed by atoms with Crippen molar-refractivity contribution in [3.05, 3.63) is 15.6 Å². The molecule has 2 unspecified atom stereocenters. The second-order valence-electron chi connectivity index (χ2n) is 7.61. The summed E-state index contributed by atoms with van der Waals surface area (Å²) in [5.74, 6) is 1.44. The van der Waals surface area contributed by atoms with E-state index in [0.29, 0.717) is 6.04 Å². The van der Waals surface area contributed by atoms with Gasteiger partial charge in [0.1, 0.15) is 5.01 Å². The second kappa shape index (κ2) is 6.00. The Morgan fingerprint density at radius 1 is 1.14 bits per heavy atom. The van der Waals surface area contributed by atoms with Gasteiger partial charge in [-0.3, -0.25) is 0 Å². The lowest BCUT2D eigenvalue weighted by Gasteiger charge is -2.47. The lowest BCUT2D eigenvalue weighted by atomic mass is 9.68. The van der Waals surface area contributed by atoms with Crippen LogP contribution in [-0.4, -0.2) is 11.0 Å². The van der Waals surface area contributed by atoms with Crippen LogP contribution in [0.3, 0.4) is 0 Å². The van der Waals surface area contributed by atoms with E-state index in [-0.39, 0.29) is 5.54 Å². The maximum absolute atomic E-state index is 5.13. The lowest BCUT2D eigenvalue weighted by Crippen LogP contribution is -2.54. The highest BCUT2D eigenvalue weighted by molar-refractivity contribution is 7.12. The molecule has 0 aromatic carbocycles. The largest absolute Gasteiger partial charge is 0.303 e. The molecule has 1 fully saturated rings. The number of hydrogen-bond acceptors (Lipinski definition) is 3. The van der Waals surface area contributed by atoms with E-state index in [1.165, 1.54) is 55.6 Å². The van der Waals surface area contributed by atoms with Gasteiger partial charge in [0, 0.05) is 10.9 Å². The molecule has 1 N–H and O–H groups in total. The van der Waals surface area contributed by atoms with E-state index in [9.17, 15) is 0 Å².